The van der Waals surface area contributed by atoms with E-state index in [1.807, 2.05) is 66.7 Å². The van der Waals surface area contributed by atoms with Gasteiger partial charge >= 0.3 is 5.97 Å². The van der Waals surface area contributed by atoms with Crippen LogP contribution in [0.2, 0.25) is 0 Å². The summed E-state index contributed by atoms with van der Waals surface area (Å²) in [6.45, 7) is 0. The normalized spacial score (nSPS) is 14.8. The fourth-order valence-electron chi connectivity index (χ4n) is 3.00. The third-order valence-corrected chi connectivity index (χ3v) is 4.42. The fraction of sp³-hybridized carbons (Fsp3) is 0.0417. The minimum Gasteiger partial charge on any atom is -0.497 e. The Bertz CT molecular complexity index is 1030. The second-order valence-corrected chi connectivity index (χ2v) is 6.22. The van der Waals surface area contributed by atoms with Crippen LogP contribution in [0.4, 0.5) is 0 Å². The quantitative estimate of drug-likeness (QED) is 0.468. The average molecular weight is 354 g/mol. The molecule has 0 saturated carbocycles. The molecule has 3 heteroatoms. The van der Waals surface area contributed by atoms with Gasteiger partial charge in [0.2, 0.25) is 0 Å². The van der Waals surface area contributed by atoms with Crippen molar-refractivity contribution in [1.29, 1.82) is 0 Å². The van der Waals surface area contributed by atoms with E-state index < -0.39 is 0 Å². The van der Waals surface area contributed by atoms with E-state index in [1.54, 1.807) is 19.3 Å². The summed E-state index contributed by atoms with van der Waals surface area (Å²) in [5.74, 6) is 0.963. The number of hydrogen-bond donors (Lipinski definition) is 0. The van der Waals surface area contributed by atoms with Gasteiger partial charge in [0.1, 0.15) is 11.5 Å². The minimum absolute atomic E-state index is 0.347. The van der Waals surface area contributed by atoms with Crippen molar-refractivity contribution in [2.75, 3.05) is 7.11 Å². The number of benzene rings is 3. The van der Waals surface area contributed by atoms with Crippen molar-refractivity contribution in [3.05, 3.63) is 102 Å². The van der Waals surface area contributed by atoms with Gasteiger partial charge in [0.25, 0.3) is 0 Å². The van der Waals surface area contributed by atoms with E-state index in [0.29, 0.717) is 11.3 Å². The van der Waals surface area contributed by atoms with Gasteiger partial charge in [-0.1, -0.05) is 66.7 Å². The van der Waals surface area contributed by atoms with Gasteiger partial charge in [-0.3, -0.25) is 0 Å². The Morgan fingerprint density at radius 2 is 1.52 bits per heavy atom. The van der Waals surface area contributed by atoms with Crippen LogP contribution in [0.25, 0.3) is 23.0 Å². The van der Waals surface area contributed by atoms with Crippen molar-refractivity contribution in [3.8, 4) is 16.9 Å². The zero-order valence-corrected chi connectivity index (χ0v) is 14.9. The monoisotopic (exact) mass is 354 g/mol. The van der Waals surface area contributed by atoms with E-state index in [4.69, 9.17) is 9.47 Å². The number of hydrogen-bond acceptors (Lipinski definition) is 3. The van der Waals surface area contributed by atoms with Crippen LogP contribution >= 0.6 is 0 Å². The number of esters is 1. The molecule has 0 N–H and O–H groups in total. The minimum atomic E-state index is -0.347. The molecule has 3 aromatic carbocycles. The Kier molecular flexibility index (Phi) is 4.58. The molecule has 0 aromatic heterocycles. The van der Waals surface area contributed by atoms with Gasteiger partial charge in [0.05, 0.1) is 12.7 Å². The molecule has 3 aromatic rings. The van der Waals surface area contributed by atoms with Crippen molar-refractivity contribution in [1.82, 2.24) is 0 Å². The zero-order chi connectivity index (χ0) is 18.6. The van der Waals surface area contributed by atoms with E-state index in [1.165, 1.54) is 0 Å². The summed E-state index contributed by atoms with van der Waals surface area (Å²) in [6.07, 6.45) is 3.58. The fourth-order valence-corrected chi connectivity index (χ4v) is 3.00. The first-order valence-corrected chi connectivity index (χ1v) is 8.68. The molecule has 0 atom stereocenters. The highest BCUT2D eigenvalue weighted by Gasteiger charge is 2.22. The van der Waals surface area contributed by atoms with Crippen molar-refractivity contribution in [2.24, 2.45) is 0 Å². The highest BCUT2D eigenvalue weighted by molar-refractivity contribution is 6.05. The summed E-state index contributed by atoms with van der Waals surface area (Å²) in [6, 6.07) is 25.7. The van der Waals surface area contributed by atoms with Crippen LogP contribution in [0.5, 0.6) is 5.75 Å². The van der Waals surface area contributed by atoms with Crippen LogP contribution in [0.15, 0.2) is 90.5 Å². The number of ether oxygens (including phenoxy) is 2. The summed E-state index contributed by atoms with van der Waals surface area (Å²) >= 11 is 0. The molecular formula is C24H18O3. The predicted octanol–water partition coefficient (Wildman–Crippen LogP) is 5.34. The van der Waals surface area contributed by atoms with Gasteiger partial charge in [-0.2, -0.15) is 0 Å². The molecule has 0 amide bonds. The Morgan fingerprint density at radius 3 is 2.26 bits per heavy atom. The van der Waals surface area contributed by atoms with Crippen LogP contribution in [-0.2, 0) is 9.53 Å². The van der Waals surface area contributed by atoms with E-state index in [0.717, 1.165) is 28.0 Å². The smallest absolute Gasteiger partial charge is 0.343 e. The SMILES string of the molecule is COc1cccc(C=C2C=C(c3ccc(-c4ccccc4)cc3)OC2=O)c1. The molecule has 0 bridgehead atoms. The molecule has 1 aliphatic heterocycles. The van der Waals surface area contributed by atoms with Crippen molar-refractivity contribution in [3.63, 3.8) is 0 Å². The third-order valence-electron chi connectivity index (χ3n) is 4.42. The first-order valence-electron chi connectivity index (χ1n) is 8.68. The number of carbonyl (C=O) groups is 1. The molecule has 0 spiro atoms. The Morgan fingerprint density at radius 1 is 0.815 bits per heavy atom. The largest absolute Gasteiger partial charge is 0.497 e. The van der Waals surface area contributed by atoms with Gasteiger partial charge in [0.15, 0.2) is 0 Å². The lowest BCUT2D eigenvalue weighted by Gasteiger charge is -2.05. The highest BCUT2D eigenvalue weighted by Crippen LogP contribution is 2.29. The summed E-state index contributed by atoms with van der Waals surface area (Å²) in [5, 5.41) is 0. The summed E-state index contributed by atoms with van der Waals surface area (Å²) in [4.78, 5) is 12.2. The van der Waals surface area contributed by atoms with Crippen LogP contribution < -0.4 is 4.74 Å². The number of rotatable bonds is 4. The van der Waals surface area contributed by atoms with E-state index in [2.05, 4.69) is 12.1 Å². The van der Waals surface area contributed by atoms with Crippen molar-refractivity contribution >= 4 is 17.8 Å². The maximum atomic E-state index is 12.2. The second kappa shape index (κ2) is 7.34. The van der Waals surface area contributed by atoms with Crippen LogP contribution in [0.3, 0.4) is 0 Å². The third kappa shape index (κ3) is 3.67. The van der Waals surface area contributed by atoms with E-state index in [9.17, 15) is 4.79 Å². The first-order chi connectivity index (χ1) is 13.2. The predicted molar refractivity (Wildman–Crippen MR) is 107 cm³/mol. The molecule has 132 valence electrons. The average Bonchev–Trinajstić information content (AvgIpc) is 3.09. The molecule has 3 nitrogen and oxygen atoms in total. The lowest BCUT2D eigenvalue weighted by molar-refractivity contribution is -0.130. The molecule has 0 aliphatic carbocycles. The summed E-state index contributed by atoms with van der Waals surface area (Å²) in [5.41, 5.74) is 4.55. The van der Waals surface area contributed by atoms with Gasteiger partial charge in [-0.15, -0.1) is 0 Å². The summed E-state index contributed by atoms with van der Waals surface area (Å²) < 4.78 is 10.7. The zero-order valence-electron chi connectivity index (χ0n) is 14.9. The maximum Gasteiger partial charge on any atom is 0.343 e. The Balaban J connectivity index is 1.60. The van der Waals surface area contributed by atoms with E-state index in [-0.39, 0.29) is 5.97 Å². The lowest BCUT2D eigenvalue weighted by atomic mass is 10.0. The lowest BCUT2D eigenvalue weighted by Crippen LogP contribution is -1.97. The molecule has 0 radical (unpaired) electrons. The number of carbonyl (C=O) groups excluding carboxylic acids is 1. The molecule has 0 saturated heterocycles. The van der Waals surface area contributed by atoms with Crippen LogP contribution in [0.1, 0.15) is 11.1 Å². The molecule has 1 aliphatic rings. The second-order valence-electron chi connectivity index (χ2n) is 6.22. The highest BCUT2D eigenvalue weighted by atomic mass is 16.5. The molecule has 0 fully saturated rings. The van der Waals surface area contributed by atoms with Gasteiger partial charge < -0.3 is 9.47 Å². The van der Waals surface area contributed by atoms with Crippen LogP contribution in [0, 0.1) is 0 Å². The molecule has 4 rings (SSSR count). The van der Waals surface area contributed by atoms with Gasteiger partial charge in [-0.25, -0.2) is 4.79 Å². The molecule has 27 heavy (non-hydrogen) atoms. The topological polar surface area (TPSA) is 35.5 Å². The number of cyclic esters (lactones) is 1. The first kappa shape index (κ1) is 16.9. The number of methoxy groups -OCH3 is 1. The van der Waals surface area contributed by atoms with E-state index >= 15 is 0 Å². The molecule has 1 heterocycles. The van der Waals surface area contributed by atoms with Gasteiger partial charge in [0, 0.05) is 5.56 Å². The Hall–Kier alpha value is -3.59. The van der Waals surface area contributed by atoms with Crippen molar-refractivity contribution in [2.45, 2.75) is 0 Å². The van der Waals surface area contributed by atoms with Crippen molar-refractivity contribution < 1.29 is 14.3 Å². The summed E-state index contributed by atoms with van der Waals surface area (Å²) in [7, 11) is 1.62. The van der Waals surface area contributed by atoms with Gasteiger partial charge in [-0.05, 0) is 41.0 Å². The maximum absolute atomic E-state index is 12.2. The standard InChI is InChI=1S/C24H18O3/c1-26-22-9-5-6-17(15-22)14-21-16-23(27-24(21)25)20-12-10-19(11-13-20)18-7-3-2-4-8-18/h2-16H,1H3. The van der Waals surface area contributed by atoms with Crippen LogP contribution in [-0.4, -0.2) is 13.1 Å². The Labute approximate surface area is 158 Å². The molecule has 0 unspecified atom stereocenters. The molecular weight excluding hydrogens is 336 g/mol.